The van der Waals surface area contributed by atoms with E-state index in [9.17, 15) is 9.59 Å². The van der Waals surface area contributed by atoms with Crippen molar-refractivity contribution < 1.29 is 9.53 Å². The second-order valence-corrected chi connectivity index (χ2v) is 7.13. The molecule has 0 aliphatic rings. The lowest BCUT2D eigenvalue weighted by Crippen LogP contribution is -2.39. The van der Waals surface area contributed by atoms with E-state index >= 15 is 0 Å². The molecule has 0 saturated carbocycles. The number of nitrogens with one attached hydrogen (secondary N) is 1. The molecule has 1 unspecified atom stereocenters. The zero-order chi connectivity index (χ0) is 19.5. The summed E-state index contributed by atoms with van der Waals surface area (Å²) in [6.45, 7) is 6.25. The summed E-state index contributed by atoms with van der Waals surface area (Å²) in [5.74, 6) is -0.589. The van der Waals surface area contributed by atoms with E-state index in [1.54, 1.807) is 18.8 Å². The Hall–Kier alpha value is -2.38. The first-order valence-corrected chi connectivity index (χ1v) is 8.60. The number of nitrogens with two attached hydrogens (primary N) is 1. The topological polar surface area (TPSA) is 91.3 Å². The molecule has 1 aromatic heterocycles. The van der Waals surface area contributed by atoms with Crippen LogP contribution in [0.4, 0.5) is 5.69 Å². The van der Waals surface area contributed by atoms with Gasteiger partial charge in [-0.15, -0.1) is 0 Å². The number of hydrogen-bond acceptors (Lipinski definition) is 4. The van der Waals surface area contributed by atoms with Gasteiger partial charge in [0.2, 0.25) is 5.91 Å². The van der Waals surface area contributed by atoms with Gasteiger partial charge in [0.25, 0.3) is 5.56 Å². The maximum Gasteiger partial charge on any atom is 0.295 e. The molecule has 0 fully saturated rings. The monoisotopic (exact) mass is 360 g/mol. The number of amides is 1. The van der Waals surface area contributed by atoms with Gasteiger partial charge in [-0.3, -0.25) is 14.3 Å². The molecule has 1 heterocycles. The van der Waals surface area contributed by atoms with Crippen molar-refractivity contribution in [2.45, 2.75) is 27.4 Å². The van der Waals surface area contributed by atoms with Crippen LogP contribution < -0.4 is 16.6 Å². The van der Waals surface area contributed by atoms with Crippen molar-refractivity contribution in [3.8, 4) is 5.69 Å². The fourth-order valence-electron chi connectivity index (χ4n) is 2.70. The van der Waals surface area contributed by atoms with E-state index < -0.39 is 0 Å². The Morgan fingerprint density at radius 1 is 1.31 bits per heavy atom. The van der Waals surface area contributed by atoms with Crippen LogP contribution in [0.5, 0.6) is 0 Å². The Balaban J connectivity index is 2.49. The van der Waals surface area contributed by atoms with Crippen molar-refractivity contribution in [3.63, 3.8) is 0 Å². The van der Waals surface area contributed by atoms with E-state index in [-0.39, 0.29) is 35.1 Å². The van der Waals surface area contributed by atoms with Gasteiger partial charge in [-0.05, 0) is 24.1 Å². The summed E-state index contributed by atoms with van der Waals surface area (Å²) in [6.07, 6.45) is 0. The van der Waals surface area contributed by atoms with Gasteiger partial charge in [-0.2, -0.15) is 0 Å². The van der Waals surface area contributed by atoms with E-state index in [4.69, 9.17) is 10.5 Å². The van der Waals surface area contributed by atoms with Crippen molar-refractivity contribution in [2.24, 2.45) is 24.1 Å². The van der Waals surface area contributed by atoms with Gasteiger partial charge in [0, 0.05) is 20.1 Å². The van der Waals surface area contributed by atoms with E-state index in [0.29, 0.717) is 17.9 Å². The van der Waals surface area contributed by atoms with Crippen LogP contribution in [0.15, 0.2) is 35.1 Å². The highest BCUT2D eigenvalue weighted by Gasteiger charge is 2.31. The first-order valence-electron chi connectivity index (χ1n) is 8.60. The molecule has 7 nitrogen and oxygen atoms in total. The summed E-state index contributed by atoms with van der Waals surface area (Å²) in [5, 5.41) is 2.81. The summed E-state index contributed by atoms with van der Waals surface area (Å²) in [4.78, 5) is 25.7. The summed E-state index contributed by atoms with van der Waals surface area (Å²) in [6, 6.07) is 9.27. The van der Waals surface area contributed by atoms with Gasteiger partial charge < -0.3 is 15.8 Å². The molecule has 0 spiro atoms. The maximum absolute atomic E-state index is 13.0. The van der Waals surface area contributed by atoms with Crippen LogP contribution >= 0.6 is 0 Å². The molecular formula is C19H28N4O3. The largest absolute Gasteiger partial charge is 0.378 e. The molecule has 0 aliphatic heterocycles. The lowest BCUT2D eigenvalue weighted by molar-refractivity contribution is -0.122. The number of carbonyl (C=O) groups is 1. The van der Waals surface area contributed by atoms with Crippen LogP contribution in [0, 0.1) is 11.3 Å². The smallest absolute Gasteiger partial charge is 0.295 e. The molecule has 7 heteroatoms. The third kappa shape index (κ3) is 3.73. The molecule has 0 saturated heterocycles. The summed E-state index contributed by atoms with van der Waals surface area (Å²) in [7, 11) is 3.32. The van der Waals surface area contributed by atoms with E-state index in [2.05, 4.69) is 5.32 Å². The van der Waals surface area contributed by atoms with Crippen LogP contribution in [0.3, 0.4) is 0 Å². The number of methoxy groups -OCH3 is 1. The van der Waals surface area contributed by atoms with Gasteiger partial charge in [-0.1, -0.05) is 39.0 Å². The van der Waals surface area contributed by atoms with Gasteiger partial charge in [0.05, 0.1) is 18.0 Å². The Morgan fingerprint density at radius 2 is 1.92 bits per heavy atom. The van der Waals surface area contributed by atoms with Crippen molar-refractivity contribution in [1.29, 1.82) is 0 Å². The number of carbonyl (C=O) groups excluding carboxylic acids is 1. The number of hydrogen-bond donors (Lipinski definition) is 2. The number of rotatable bonds is 7. The minimum atomic E-state index is -0.376. The number of para-hydroxylation sites is 1. The third-order valence-electron chi connectivity index (χ3n) is 5.01. The summed E-state index contributed by atoms with van der Waals surface area (Å²) in [5.41, 5.74) is 6.67. The molecule has 1 amide bonds. The minimum absolute atomic E-state index is 0.204. The second-order valence-electron chi connectivity index (χ2n) is 7.13. The molecule has 0 aliphatic carbocycles. The van der Waals surface area contributed by atoms with Crippen LogP contribution in [-0.4, -0.2) is 28.9 Å². The van der Waals surface area contributed by atoms with Gasteiger partial charge in [0.15, 0.2) is 0 Å². The number of ether oxygens (including phenoxy) is 1. The Kier molecular flexibility index (Phi) is 6.05. The predicted octanol–water partition coefficient (Wildman–Crippen LogP) is 1.88. The summed E-state index contributed by atoms with van der Waals surface area (Å²) >= 11 is 0. The molecule has 1 aromatic carbocycles. The minimum Gasteiger partial charge on any atom is -0.378 e. The van der Waals surface area contributed by atoms with E-state index in [0.717, 1.165) is 0 Å². The van der Waals surface area contributed by atoms with Crippen molar-refractivity contribution >= 4 is 11.6 Å². The molecule has 1 atom stereocenters. The van der Waals surface area contributed by atoms with Gasteiger partial charge >= 0.3 is 0 Å². The first-order chi connectivity index (χ1) is 12.2. The highest BCUT2D eigenvalue weighted by Crippen LogP contribution is 2.26. The molecule has 3 N–H and O–H groups in total. The van der Waals surface area contributed by atoms with Crippen molar-refractivity contribution in [2.75, 3.05) is 19.0 Å². The van der Waals surface area contributed by atoms with Crippen molar-refractivity contribution in [3.05, 3.63) is 46.4 Å². The fourth-order valence-corrected chi connectivity index (χ4v) is 2.70. The van der Waals surface area contributed by atoms with E-state index in [1.807, 2.05) is 51.1 Å². The van der Waals surface area contributed by atoms with Crippen LogP contribution in [0.1, 0.15) is 26.5 Å². The summed E-state index contributed by atoms with van der Waals surface area (Å²) < 4.78 is 8.46. The first kappa shape index (κ1) is 19.9. The maximum atomic E-state index is 13.0. The molecule has 0 bridgehead atoms. The molecular weight excluding hydrogens is 332 g/mol. The number of aromatic nitrogens is 2. The molecule has 26 heavy (non-hydrogen) atoms. The lowest BCUT2D eigenvalue weighted by atomic mass is 9.79. The highest BCUT2D eigenvalue weighted by atomic mass is 16.5. The average Bonchev–Trinajstić information content (AvgIpc) is 2.86. The fraction of sp³-hybridized carbons (Fsp3) is 0.474. The second kappa shape index (κ2) is 7.88. The number of anilines is 1. The molecule has 0 radical (unpaired) electrons. The Morgan fingerprint density at radius 3 is 2.46 bits per heavy atom. The highest BCUT2D eigenvalue weighted by molar-refractivity contribution is 5.93. The number of nitrogens with zero attached hydrogens (tertiary/aromatic N) is 2. The average molecular weight is 360 g/mol. The predicted molar refractivity (Wildman–Crippen MR) is 102 cm³/mol. The SMILES string of the molecule is COCc1c(NC(=O)C(C)C(C)(C)CN)c(=O)n(-c2ccccc2)n1C. The molecule has 142 valence electrons. The Labute approximate surface area is 153 Å². The zero-order valence-corrected chi connectivity index (χ0v) is 16.1. The lowest BCUT2D eigenvalue weighted by Gasteiger charge is -2.29. The number of benzene rings is 1. The van der Waals surface area contributed by atoms with E-state index in [1.165, 1.54) is 4.68 Å². The standard InChI is InChI=1S/C19H28N4O3/c1-13(19(2,3)12-20)17(24)21-16-15(11-26-5)22(4)23(18(16)25)14-9-7-6-8-10-14/h6-10,13H,11-12,20H2,1-5H3,(H,21,24). The zero-order valence-electron chi connectivity index (χ0n) is 16.1. The quantitative estimate of drug-likeness (QED) is 0.789. The molecule has 2 aromatic rings. The van der Waals surface area contributed by atoms with Gasteiger partial charge in [-0.25, -0.2) is 4.68 Å². The van der Waals surface area contributed by atoms with Crippen LogP contribution in [0.25, 0.3) is 5.69 Å². The third-order valence-corrected chi connectivity index (χ3v) is 5.01. The van der Waals surface area contributed by atoms with Gasteiger partial charge in [0.1, 0.15) is 5.69 Å². The van der Waals surface area contributed by atoms with Crippen molar-refractivity contribution in [1.82, 2.24) is 9.36 Å². The molecule has 2 rings (SSSR count). The normalized spacial score (nSPS) is 12.8. The Bertz CT molecular complexity index is 821. The van der Waals surface area contributed by atoms with Crippen LogP contribution in [0.2, 0.25) is 0 Å². The van der Waals surface area contributed by atoms with Crippen LogP contribution in [-0.2, 0) is 23.2 Å².